The molecule has 8 nitrogen and oxygen atoms in total. The van der Waals surface area contributed by atoms with Crippen LogP contribution in [0.25, 0.3) is 0 Å². The zero-order chi connectivity index (χ0) is 23.9. The highest BCUT2D eigenvalue weighted by Gasteiger charge is 2.31. The Balaban J connectivity index is 1.23. The van der Waals surface area contributed by atoms with E-state index >= 15 is 0 Å². The maximum atomic E-state index is 12.7. The van der Waals surface area contributed by atoms with Crippen LogP contribution in [0, 0.1) is 0 Å². The van der Waals surface area contributed by atoms with Crippen LogP contribution in [0.4, 0.5) is 5.69 Å². The minimum Gasteiger partial charge on any atom is -0.395 e. The number of nitrogens with one attached hydrogen (secondary N) is 1. The molecule has 0 amide bonds. The van der Waals surface area contributed by atoms with E-state index in [-0.39, 0.29) is 24.1 Å². The summed E-state index contributed by atoms with van der Waals surface area (Å²) >= 11 is 0. The number of piperazine rings is 2. The van der Waals surface area contributed by atoms with Crippen molar-refractivity contribution in [2.24, 2.45) is 0 Å². The Morgan fingerprint density at radius 3 is 2.06 bits per heavy atom. The quantitative estimate of drug-likeness (QED) is 0.325. The van der Waals surface area contributed by atoms with Crippen molar-refractivity contribution in [1.82, 2.24) is 20.0 Å². The van der Waals surface area contributed by atoms with Gasteiger partial charge in [0.05, 0.1) is 12.2 Å². The molecule has 1 saturated carbocycles. The van der Waals surface area contributed by atoms with Gasteiger partial charge in [-0.3, -0.25) is 19.4 Å². The molecule has 0 unspecified atom stereocenters. The van der Waals surface area contributed by atoms with E-state index in [0.29, 0.717) is 25.0 Å². The Hall–Kier alpha value is -2.26. The van der Waals surface area contributed by atoms with Gasteiger partial charge in [0.15, 0.2) is 11.6 Å². The number of carbonyl (C=O) groups is 2. The highest BCUT2D eigenvalue weighted by Crippen LogP contribution is 2.32. The molecule has 4 rings (SSSR count). The molecule has 186 valence electrons. The number of hydrogen-bond donors (Lipinski definition) is 2. The molecule has 1 aliphatic carbocycles. The van der Waals surface area contributed by atoms with Crippen molar-refractivity contribution >= 4 is 17.3 Å². The van der Waals surface area contributed by atoms with Crippen LogP contribution in [0.1, 0.15) is 24.3 Å². The van der Waals surface area contributed by atoms with Gasteiger partial charge in [0.2, 0.25) is 0 Å². The van der Waals surface area contributed by atoms with Crippen molar-refractivity contribution in [2.45, 2.75) is 18.8 Å². The van der Waals surface area contributed by atoms with Crippen molar-refractivity contribution < 1.29 is 14.7 Å². The lowest BCUT2D eigenvalue weighted by atomic mass is 9.80. The summed E-state index contributed by atoms with van der Waals surface area (Å²) in [4.78, 5) is 34.9. The largest absolute Gasteiger partial charge is 0.395 e. The number of β-amino-alcohol motifs (C(OH)–C–C–N with tert-alkyl or cyclic N) is 1. The fraction of sp³-hybridized carbons (Fsp3) is 0.615. The Bertz CT molecular complexity index is 836. The minimum atomic E-state index is -0.0606. The average Bonchev–Trinajstić information content (AvgIpc) is 2.85. The van der Waals surface area contributed by atoms with Gasteiger partial charge >= 0.3 is 0 Å². The van der Waals surface area contributed by atoms with Crippen molar-refractivity contribution in [3.8, 4) is 0 Å². The maximum Gasteiger partial charge on any atom is 0.168 e. The first kappa shape index (κ1) is 24.9. The number of nitrogens with zero attached hydrogens (tertiary/aromatic N) is 4. The predicted octanol–water partition coefficient (Wildman–Crippen LogP) is 0.537. The summed E-state index contributed by atoms with van der Waals surface area (Å²) in [5, 5.41) is 12.2. The molecule has 2 aliphatic heterocycles. The number of Topliss-reactive ketones (excluding diaryl/α,β-unsaturated/α-hetero) is 2. The standard InChI is InChI=1S/C26H39N5O3/c1-28-8-14-31(15-9-28)23-4-2-21(3-5-23)22-18-25(33)24(26(34)19-22)20-27-6-7-29-10-12-30(13-11-29)16-17-32/h2-5,20,22,27,32H,6-19H2,1H3. The lowest BCUT2D eigenvalue weighted by molar-refractivity contribution is -0.124. The summed E-state index contributed by atoms with van der Waals surface area (Å²) in [5.74, 6) is -0.155. The van der Waals surface area contributed by atoms with Crippen LogP contribution in [0.2, 0.25) is 0 Å². The lowest BCUT2D eigenvalue weighted by Gasteiger charge is -2.34. The Morgan fingerprint density at radius 1 is 0.882 bits per heavy atom. The maximum absolute atomic E-state index is 12.7. The number of likely N-dealkylation sites (N-methyl/N-ethyl adjacent to an activating group) is 1. The van der Waals surface area contributed by atoms with Crippen LogP contribution in [-0.2, 0) is 9.59 Å². The molecule has 0 radical (unpaired) electrons. The molecule has 2 N–H and O–H groups in total. The number of allylic oxidation sites excluding steroid dienone is 1. The second-order valence-electron chi connectivity index (χ2n) is 9.75. The fourth-order valence-electron chi connectivity index (χ4n) is 5.09. The molecule has 0 bridgehead atoms. The molecular formula is C26H39N5O3. The van der Waals surface area contributed by atoms with Crippen LogP contribution < -0.4 is 10.2 Å². The Labute approximate surface area is 203 Å². The highest BCUT2D eigenvalue weighted by atomic mass is 16.3. The van der Waals surface area contributed by atoms with Gasteiger partial charge in [-0.2, -0.15) is 0 Å². The number of aliphatic hydroxyl groups is 1. The van der Waals surface area contributed by atoms with Gasteiger partial charge in [-0.05, 0) is 30.7 Å². The van der Waals surface area contributed by atoms with E-state index in [0.717, 1.165) is 71.0 Å². The molecule has 1 aromatic rings. The topological polar surface area (TPSA) is 79.4 Å². The molecule has 0 spiro atoms. The van der Waals surface area contributed by atoms with Crippen molar-refractivity contribution in [1.29, 1.82) is 0 Å². The summed E-state index contributed by atoms with van der Waals surface area (Å²) in [5.41, 5.74) is 2.61. The van der Waals surface area contributed by atoms with Crippen molar-refractivity contribution in [3.63, 3.8) is 0 Å². The van der Waals surface area contributed by atoms with E-state index in [4.69, 9.17) is 5.11 Å². The van der Waals surface area contributed by atoms with E-state index in [1.807, 2.05) is 0 Å². The van der Waals surface area contributed by atoms with Crippen LogP contribution in [-0.4, -0.2) is 117 Å². The van der Waals surface area contributed by atoms with Gasteiger partial charge in [-0.25, -0.2) is 0 Å². The molecule has 1 aromatic carbocycles. The molecule has 8 heteroatoms. The summed E-state index contributed by atoms with van der Waals surface area (Å²) in [6.45, 7) is 10.6. The third-order valence-electron chi connectivity index (χ3n) is 7.40. The first-order valence-corrected chi connectivity index (χ1v) is 12.6. The van der Waals surface area contributed by atoms with Crippen LogP contribution >= 0.6 is 0 Å². The minimum absolute atomic E-state index is 0.0334. The fourth-order valence-corrected chi connectivity index (χ4v) is 5.09. The number of carbonyl (C=O) groups excluding carboxylic acids is 2. The second kappa shape index (κ2) is 11.9. The van der Waals surface area contributed by atoms with E-state index in [1.165, 1.54) is 5.69 Å². The molecule has 0 aromatic heterocycles. The number of anilines is 1. The lowest BCUT2D eigenvalue weighted by Crippen LogP contribution is -2.48. The number of aliphatic hydroxyl groups excluding tert-OH is 1. The normalized spacial score (nSPS) is 23.4. The average molecular weight is 470 g/mol. The van der Waals surface area contributed by atoms with Crippen LogP contribution in [0.5, 0.6) is 0 Å². The monoisotopic (exact) mass is 469 g/mol. The first-order valence-electron chi connectivity index (χ1n) is 12.6. The third kappa shape index (κ3) is 6.44. The number of hydrogen-bond acceptors (Lipinski definition) is 8. The van der Waals surface area contributed by atoms with Gasteiger partial charge in [-0.15, -0.1) is 0 Å². The SMILES string of the molecule is CN1CCN(c2ccc(C3CC(=O)C(=CNCCN4CCN(CCO)CC4)C(=O)C3)cc2)CC1. The molecule has 2 saturated heterocycles. The zero-order valence-corrected chi connectivity index (χ0v) is 20.4. The van der Waals surface area contributed by atoms with Crippen LogP contribution in [0.3, 0.4) is 0 Å². The summed E-state index contributed by atoms with van der Waals surface area (Å²) in [6.07, 6.45) is 2.42. The Kier molecular flexibility index (Phi) is 8.72. The second-order valence-corrected chi connectivity index (χ2v) is 9.75. The van der Waals surface area contributed by atoms with E-state index in [1.54, 1.807) is 6.20 Å². The van der Waals surface area contributed by atoms with E-state index in [9.17, 15) is 9.59 Å². The summed E-state index contributed by atoms with van der Waals surface area (Å²) in [6, 6.07) is 8.44. The molecule has 3 fully saturated rings. The smallest absolute Gasteiger partial charge is 0.168 e. The number of benzene rings is 1. The van der Waals surface area contributed by atoms with Crippen molar-refractivity contribution in [3.05, 3.63) is 41.6 Å². The zero-order valence-electron chi connectivity index (χ0n) is 20.4. The van der Waals surface area contributed by atoms with Gasteiger partial charge < -0.3 is 20.2 Å². The van der Waals surface area contributed by atoms with Gasteiger partial charge in [-0.1, -0.05) is 12.1 Å². The number of rotatable bonds is 8. The van der Waals surface area contributed by atoms with Crippen molar-refractivity contribution in [2.75, 3.05) is 90.5 Å². The molecule has 34 heavy (non-hydrogen) atoms. The van der Waals surface area contributed by atoms with Crippen LogP contribution in [0.15, 0.2) is 36.0 Å². The summed E-state index contributed by atoms with van der Waals surface area (Å²) in [7, 11) is 2.15. The first-order chi connectivity index (χ1) is 16.5. The third-order valence-corrected chi connectivity index (χ3v) is 7.40. The van der Waals surface area contributed by atoms with Gasteiger partial charge in [0.25, 0.3) is 0 Å². The van der Waals surface area contributed by atoms with E-state index in [2.05, 4.69) is 56.2 Å². The molecular weight excluding hydrogens is 430 g/mol. The predicted molar refractivity (Wildman–Crippen MR) is 134 cm³/mol. The molecule has 3 aliphatic rings. The van der Waals surface area contributed by atoms with E-state index < -0.39 is 0 Å². The Morgan fingerprint density at radius 2 is 1.47 bits per heavy atom. The molecule has 2 heterocycles. The summed E-state index contributed by atoms with van der Waals surface area (Å²) < 4.78 is 0. The van der Waals surface area contributed by atoms with Gasteiger partial charge in [0, 0.05) is 96.7 Å². The number of ketones is 2. The molecule has 0 atom stereocenters. The van der Waals surface area contributed by atoms with Gasteiger partial charge in [0.1, 0.15) is 0 Å². The highest BCUT2D eigenvalue weighted by molar-refractivity contribution is 6.22.